The standard InChI is InChI=1S/C5H10N/c1-4-2-3-5(4)6/h4-5H,1-3,6H2/t4-,5-/m0/s1. The fourth-order valence-electron chi connectivity index (χ4n) is 0.595. The van der Waals surface area contributed by atoms with Crippen molar-refractivity contribution in [2.75, 3.05) is 0 Å². The third-order valence-corrected chi connectivity index (χ3v) is 1.48. The molecule has 1 fully saturated rings. The van der Waals surface area contributed by atoms with Gasteiger partial charge in [0.05, 0.1) is 0 Å². The quantitative estimate of drug-likeness (QED) is 0.456. The van der Waals surface area contributed by atoms with Crippen LogP contribution >= 0.6 is 0 Å². The third-order valence-electron chi connectivity index (χ3n) is 1.48. The number of rotatable bonds is 0. The van der Waals surface area contributed by atoms with Gasteiger partial charge >= 0.3 is 0 Å². The normalized spacial score (nSPS) is 45.0. The molecular weight excluding hydrogens is 74.1 g/mol. The van der Waals surface area contributed by atoms with Gasteiger partial charge in [-0.2, -0.15) is 0 Å². The van der Waals surface area contributed by atoms with Crippen molar-refractivity contribution in [1.29, 1.82) is 0 Å². The Labute approximate surface area is 38.5 Å². The van der Waals surface area contributed by atoms with Crippen molar-refractivity contribution in [2.45, 2.75) is 18.9 Å². The van der Waals surface area contributed by atoms with Crippen molar-refractivity contribution >= 4 is 0 Å². The van der Waals surface area contributed by atoms with E-state index in [0.29, 0.717) is 12.0 Å². The molecule has 35 valence electrons. The average Bonchev–Trinajstić information content (AvgIpc) is 1.61. The van der Waals surface area contributed by atoms with Gasteiger partial charge < -0.3 is 5.73 Å². The topological polar surface area (TPSA) is 26.0 Å². The van der Waals surface area contributed by atoms with E-state index in [1.54, 1.807) is 0 Å². The van der Waals surface area contributed by atoms with E-state index in [2.05, 4.69) is 6.92 Å². The van der Waals surface area contributed by atoms with Crippen LogP contribution < -0.4 is 5.73 Å². The van der Waals surface area contributed by atoms with Gasteiger partial charge in [0.25, 0.3) is 0 Å². The summed E-state index contributed by atoms with van der Waals surface area (Å²) in [4.78, 5) is 0. The second-order valence-corrected chi connectivity index (χ2v) is 2.00. The lowest BCUT2D eigenvalue weighted by atomic mass is 9.82. The first-order chi connectivity index (χ1) is 2.80. The van der Waals surface area contributed by atoms with Crippen LogP contribution in [0.5, 0.6) is 0 Å². The molecule has 6 heavy (non-hydrogen) atoms. The monoisotopic (exact) mass is 84.1 g/mol. The minimum atomic E-state index is 0.421. The van der Waals surface area contributed by atoms with Gasteiger partial charge in [0.15, 0.2) is 0 Å². The maximum Gasteiger partial charge on any atom is 0.00672 e. The highest BCUT2D eigenvalue weighted by Gasteiger charge is 2.21. The molecule has 1 heteroatoms. The van der Waals surface area contributed by atoms with Crippen molar-refractivity contribution < 1.29 is 0 Å². The molecule has 0 saturated heterocycles. The van der Waals surface area contributed by atoms with Gasteiger partial charge in [-0.25, -0.2) is 0 Å². The fourth-order valence-corrected chi connectivity index (χ4v) is 0.595. The molecule has 2 atom stereocenters. The molecule has 1 radical (unpaired) electrons. The Morgan fingerprint density at radius 3 is 2.00 bits per heavy atom. The first kappa shape index (κ1) is 4.13. The van der Waals surface area contributed by atoms with Crippen LogP contribution in [0.4, 0.5) is 0 Å². The molecule has 1 nitrogen and oxygen atoms in total. The van der Waals surface area contributed by atoms with Crippen molar-refractivity contribution in [3.05, 3.63) is 6.92 Å². The van der Waals surface area contributed by atoms with Crippen molar-refractivity contribution in [3.63, 3.8) is 0 Å². The van der Waals surface area contributed by atoms with Crippen LogP contribution in [0.2, 0.25) is 0 Å². The average molecular weight is 84.1 g/mol. The molecule has 0 spiro atoms. The highest BCUT2D eigenvalue weighted by Crippen LogP contribution is 2.23. The van der Waals surface area contributed by atoms with E-state index in [4.69, 9.17) is 5.73 Å². The first-order valence-electron chi connectivity index (χ1n) is 2.39. The molecule has 0 amide bonds. The van der Waals surface area contributed by atoms with E-state index < -0.39 is 0 Å². The lowest BCUT2D eigenvalue weighted by molar-refractivity contribution is 0.314. The molecule has 0 bridgehead atoms. The summed E-state index contributed by atoms with van der Waals surface area (Å²) in [7, 11) is 0. The predicted molar refractivity (Wildman–Crippen MR) is 26.1 cm³/mol. The Morgan fingerprint density at radius 2 is 2.00 bits per heavy atom. The van der Waals surface area contributed by atoms with Crippen LogP contribution in [0.1, 0.15) is 12.8 Å². The summed E-state index contributed by atoms with van der Waals surface area (Å²) in [5.74, 6) is 0.560. The van der Waals surface area contributed by atoms with Crippen LogP contribution in [0.3, 0.4) is 0 Å². The lowest BCUT2D eigenvalue weighted by Crippen LogP contribution is -2.37. The van der Waals surface area contributed by atoms with Crippen LogP contribution in [-0.2, 0) is 0 Å². The van der Waals surface area contributed by atoms with E-state index in [1.165, 1.54) is 12.8 Å². The molecule has 0 aromatic carbocycles. The minimum absolute atomic E-state index is 0.421. The summed E-state index contributed by atoms with van der Waals surface area (Å²) in [6.45, 7) is 3.80. The minimum Gasteiger partial charge on any atom is -0.327 e. The zero-order chi connectivity index (χ0) is 4.57. The SMILES string of the molecule is [CH2][C@H]1CC[C@@H]1N. The number of hydrogen-bond acceptors (Lipinski definition) is 1. The first-order valence-corrected chi connectivity index (χ1v) is 2.39. The van der Waals surface area contributed by atoms with Gasteiger partial charge in [-0.05, 0) is 25.7 Å². The van der Waals surface area contributed by atoms with E-state index in [-0.39, 0.29) is 0 Å². The van der Waals surface area contributed by atoms with E-state index in [0.717, 1.165) is 0 Å². The second kappa shape index (κ2) is 1.23. The van der Waals surface area contributed by atoms with Crippen molar-refractivity contribution in [3.8, 4) is 0 Å². The third kappa shape index (κ3) is 0.432. The summed E-state index contributed by atoms with van der Waals surface area (Å²) >= 11 is 0. The van der Waals surface area contributed by atoms with E-state index >= 15 is 0 Å². The molecule has 0 heterocycles. The maximum absolute atomic E-state index is 5.46. The largest absolute Gasteiger partial charge is 0.327 e. The summed E-state index contributed by atoms with van der Waals surface area (Å²) in [5, 5.41) is 0. The summed E-state index contributed by atoms with van der Waals surface area (Å²) in [6.07, 6.45) is 2.43. The van der Waals surface area contributed by atoms with Crippen molar-refractivity contribution in [1.82, 2.24) is 0 Å². The number of hydrogen-bond donors (Lipinski definition) is 1. The van der Waals surface area contributed by atoms with Gasteiger partial charge in [0.1, 0.15) is 0 Å². The molecule has 0 unspecified atom stereocenters. The van der Waals surface area contributed by atoms with Crippen LogP contribution in [0, 0.1) is 12.8 Å². The van der Waals surface area contributed by atoms with Crippen molar-refractivity contribution in [2.24, 2.45) is 11.7 Å². The highest BCUT2D eigenvalue weighted by molar-refractivity contribution is 4.84. The summed E-state index contributed by atoms with van der Waals surface area (Å²) in [6, 6.07) is 0.421. The molecule has 1 aliphatic rings. The molecule has 0 aromatic rings. The molecular formula is C5H10N. The molecule has 1 rings (SSSR count). The van der Waals surface area contributed by atoms with Gasteiger partial charge in [0, 0.05) is 6.04 Å². The Bertz CT molecular complexity index is 43.9. The molecule has 2 N–H and O–H groups in total. The smallest absolute Gasteiger partial charge is 0.00672 e. The molecule has 0 aromatic heterocycles. The fraction of sp³-hybridized carbons (Fsp3) is 0.800. The van der Waals surface area contributed by atoms with Crippen LogP contribution in [0.15, 0.2) is 0 Å². The van der Waals surface area contributed by atoms with Crippen LogP contribution in [-0.4, -0.2) is 6.04 Å². The van der Waals surface area contributed by atoms with Gasteiger partial charge in [-0.1, -0.05) is 0 Å². The maximum atomic E-state index is 5.46. The summed E-state index contributed by atoms with van der Waals surface area (Å²) < 4.78 is 0. The predicted octanol–water partition coefficient (Wildman–Crippen LogP) is 0.558. The Hall–Kier alpha value is -0.0400. The Morgan fingerprint density at radius 1 is 1.50 bits per heavy atom. The molecule has 1 saturated carbocycles. The lowest BCUT2D eigenvalue weighted by Gasteiger charge is -2.29. The highest BCUT2D eigenvalue weighted by atomic mass is 14.7. The molecule has 1 aliphatic carbocycles. The van der Waals surface area contributed by atoms with Gasteiger partial charge in [0.2, 0.25) is 0 Å². The Kier molecular flexibility index (Phi) is 0.845. The van der Waals surface area contributed by atoms with E-state index in [1.807, 2.05) is 0 Å². The van der Waals surface area contributed by atoms with E-state index in [9.17, 15) is 0 Å². The zero-order valence-corrected chi connectivity index (χ0v) is 3.85. The number of nitrogens with two attached hydrogens (primary N) is 1. The second-order valence-electron chi connectivity index (χ2n) is 2.00. The van der Waals surface area contributed by atoms with Gasteiger partial charge in [-0.3, -0.25) is 0 Å². The Balaban J connectivity index is 2.20. The van der Waals surface area contributed by atoms with Gasteiger partial charge in [-0.15, -0.1) is 0 Å². The molecule has 0 aliphatic heterocycles. The van der Waals surface area contributed by atoms with Crippen LogP contribution in [0.25, 0.3) is 0 Å². The zero-order valence-electron chi connectivity index (χ0n) is 3.85. The summed E-state index contributed by atoms with van der Waals surface area (Å²) in [5.41, 5.74) is 5.46.